The summed E-state index contributed by atoms with van der Waals surface area (Å²) in [6.45, 7) is 4.87. The number of allylic oxidation sites excluding steroid dienone is 1. The molecule has 0 saturated heterocycles. The molecular formula is C27H24O8S. The number of rotatable bonds is 7. The first-order valence-electron chi connectivity index (χ1n) is 11.1. The van der Waals surface area contributed by atoms with Gasteiger partial charge in [0.1, 0.15) is 22.8 Å². The number of carboxylic acids is 1. The van der Waals surface area contributed by atoms with E-state index >= 15 is 0 Å². The normalized spacial score (nSPS) is 13.0. The van der Waals surface area contributed by atoms with Crippen molar-refractivity contribution in [2.75, 3.05) is 0 Å². The molecule has 1 heterocycles. The summed E-state index contributed by atoms with van der Waals surface area (Å²) in [7, 11) is -4.36. The van der Waals surface area contributed by atoms with Crippen LogP contribution in [0.3, 0.4) is 0 Å². The fourth-order valence-corrected chi connectivity index (χ4v) is 5.42. The minimum Gasteiger partial charge on any atom is -0.507 e. The number of aromatic carboxylic acids is 1. The highest BCUT2D eigenvalue weighted by Gasteiger charge is 2.35. The van der Waals surface area contributed by atoms with Crippen LogP contribution in [0.4, 0.5) is 0 Å². The number of aromatic hydroxyl groups is 1. The third-order valence-corrected chi connectivity index (χ3v) is 7.55. The number of aryl methyl sites for hydroxylation is 2. The average molecular weight is 509 g/mol. The predicted octanol–water partition coefficient (Wildman–Crippen LogP) is 4.71. The van der Waals surface area contributed by atoms with Crippen molar-refractivity contribution in [2.24, 2.45) is 0 Å². The number of hydrogen-bond acceptors (Lipinski definition) is 7. The van der Waals surface area contributed by atoms with Gasteiger partial charge in [0, 0.05) is 11.1 Å². The number of esters is 1. The van der Waals surface area contributed by atoms with Crippen molar-refractivity contribution in [3.05, 3.63) is 93.0 Å². The van der Waals surface area contributed by atoms with E-state index in [1.54, 1.807) is 63.3 Å². The Labute approximate surface area is 208 Å². The van der Waals surface area contributed by atoms with E-state index in [9.17, 15) is 28.2 Å². The zero-order chi connectivity index (χ0) is 26.2. The number of benzene rings is 3. The number of fused-ring (bicyclic) bond motifs is 1. The molecule has 0 aliphatic carbocycles. The first-order valence-corrected chi connectivity index (χ1v) is 12.5. The van der Waals surface area contributed by atoms with Gasteiger partial charge in [-0.15, -0.1) is 0 Å². The van der Waals surface area contributed by atoms with Crippen LogP contribution in [0.1, 0.15) is 54.1 Å². The maximum atomic E-state index is 13.2. The van der Waals surface area contributed by atoms with Crippen molar-refractivity contribution in [1.82, 2.24) is 0 Å². The topological polar surface area (TPSA) is 127 Å². The quantitative estimate of drug-likeness (QED) is 0.347. The fourth-order valence-electron chi connectivity index (χ4n) is 4.21. The minimum atomic E-state index is -4.36. The number of phenols is 1. The summed E-state index contributed by atoms with van der Waals surface area (Å²) in [6, 6.07) is 11.1. The molecule has 4 rings (SSSR count). The van der Waals surface area contributed by atoms with Crippen LogP contribution in [-0.4, -0.2) is 30.6 Å². The highest BCUT2D eigenvalue weighted by molar-refractivity contribution is 7.87. The SMILES string of the molecule is Cc1ccccc1S(=O)(=O)Oc1c(CC=Cc2c(C)cccc2C(=O)O)c(O)c(C)c2c1C(=O)OC2. The Kier molecular flexibility index (Phi) is 6.60. The Morgan fingerprint density at radius 3 is 2.47 bits per heavy atom. The lowest BCUT2D eigenvalue weighted by Crippen LogP contribution is -2.15. The van der Waals surface area contributed by atoms with Crippen LogP contribution in [0, 0.1) is 20.8 Å². The number of phenolic OH excluding ortho intramolecular Hbond substituents is 1. The van der Waals surface area contributed by atoms with Gasteiger partial charge >= 0.3 is 22.1 Å². The van der Waals surface area contributed by atoms with Gasteiger partial charge in [-0.2, -0.15) is 8.42 Å². The first-order chi connectivity index (χ1) is 17.0. The van der Waals surface area contributed by atoms with Gasteiger partial charge in [-0.05, 0) is 61.6 Å². The standard InChI is InChI=1S/C27H24O8S/c1-15-9-6-11-19(26(29)30)18(15)10-7-12-20-24(28)17(3)21-14-34-27(31)23(21)25(20)35-36(32,33)22-13-5-4-8-16(22)2/h4-11,13,28H,12,14H2,1-3H3,(H,29,30). The van der Waals surface area contributed by atoms with E-state index < -0.39 is 22.1 Å². The summed E-state index contributed by atoms with van der Waals surface area (Å²) in [5.41, 5.74) is 2.50. The largest absolute Gasteiger partial charge is 0.507 e. The zero-order valence-electron chi connectivity index (χ0n) is 19.9. The monoisotopic (exact) mass is 508 g/mol. The molecule has 0 saturated carbocycles. The van der Waals surface area contributed by atoms with Crippen LogP contribution in [0.15, 0.2) is 53.4 Å². The van der Waals surface area contributed by atoms with Gasteiger partial charge < -0.3 is 19.1 Å². The molecule has 3 aromatic carbocycles. The molecule has 36 heavy (non-hydrogen) atoms. The Bertz CT molecular complexity index is 1530. The van der Waals surface area contributed by atoms with Gasteiger partial charge in [0.2, 0.25) is 0 Å². The van der Waals surface area contributed by atoms with Gasteiger partial charge in [-0.3, -0.25) is 0 Å². The van der Waals surface area contributed by atoms with Crippen LogP contribution in [0.25, 0.3) is 6.08 Å². The molecule has 0 amide bonds. The molecule has 0 atom stereocenters. The van der Waals surface area contributed by atoms with Gasteiger partial charge in [0.25, 0.3) is 0 Å². The van der Waals surface area contributed by atoms with E-state index in [-0.39, 0.29) is 46.1 Å². The molecule has 0 spiro atoms. The molecule has 0 unspecified atom stereocenters. The molecule has 1 aliphatic heterocycles. The summed E-state index contributed by atoms with van der Waals surface area (Å²) in [5, 5.41) is 20.5. The predicted molar refractivity (Wildman–Crippen MR) is 132 cm³/mol. The second-order valence-electron chi connectivity index (χ2n) is 8.46. The van der Waals surface area contributed by atoms with Gasteiger partial charge in [-0.1, -0.05) is 42.5 Å². The fraction of sp³-hybridized carbons (Fsp3) is 0.185. The second kappa shape index (κ2) is 9.50. The van der Waals surface area contributed by atoms with Crippen LogP contribution in [0.5, 0.6) is 11.5 Å². The molecular weight excluding hydrogens is 484 g/mol. The van der Waals surface area contributed by atoms with Crippen molar-refractivity contribution < 1.29 is 37.1 Å². The van der Waals surface area contributed by atoms with Crippen LogP contribution >= 0.6 is 0 Å². The third-order valence-electron chi connectivity index (χ3n) is 6.17. The molecule has 2 N–H and O–H groups in total. The number of carbonyl (C=O) groups is 2. The smallest absolute Gasteiger partial charge is 0.342 e. The molecule has 186 valence electrons. The molecule has 8 nitrogen and oxygen atoms in total. The molecule has 0 aromatic heterocycles. The van der Waals surface area contributed by atoms with E-state index in [0.717, 1.165) is 5.56 Å². The molecule has 1 aliphatic rings. The van der Waals surface area contributed by atoms with Crippen LogP contribution in [-0.2, 0) is 27.9 Å². The Balaban J connectivity index is 1.83. The van der Waals surface area contributed by atoms with Crippen molar-refractivity contribution in [3.63, 3.8) is 0 Å². The lowest BCUT2D eigenvalue weighted by molar-refractivity contribution is 0.0533. The molecule has 0 radical (unpaired) electrons. The summed E-state index contributed by atoms with van der Waals surface area (Å²) in [6.07, 6.45) is 3.13. The zero-order valence-corrected chi connectivity index (χ0v) is 20.7. The number of carboxylic acid groups (broad SMARTS) is 1. The summed E-state index contributed by atoms with van der Waals surface area (Å²) >= 11 is 0. The van der Waals surface area contributed by atoms with E-state index in [4.69, 9.17) is 8.92 Å². The van der Waals surface area contributed by atoms with Crippen LogP contribution in [0.2, 0.25) is 0 Å². The van der Waals surface area contributed by atoms with Crippen LogP contribution < -0.4 is 4.18 Å². The number of carbonyl (C=O) groups excluding carboxylic acids is 1. The lowest BCUT2D eigenvalue weighted by atomic mass is 9.95. The van der Waals surface area contributed by atoms with Crippen molar-refractivity contribution in [3.8, 4) is 11.5 Å². The lowest BCUT2D eigenvalue weighted by Gasteiger charge is -2.17. The number of ether oxygens (including phenoxy) is 1. The maximum Gasteiger partial charge on any atom is 0.342 e. The Morgan fingerprint density at radius 1 is 1.08 bits per heavy atom. The van der Waals surface area contributed by atoms with Gasteiger partial charge in [0.05, 0.1) is 5.56 Å². The number of hydrogen-bond donors (Lipinski definition) is 2. The van der Waals surface area contributed by atoms with Crippen molar-refractivity contribution in [1.29, 1.82) is 0 Å². The first kappa shape index (κ1) is 25.0. The summed E-state index contributed by atoms with van der Waals surface area (Å²) in [4.78, 5) is 24.1. The van der Waals surface area contributed by atoms with Crippen molar-refractivity contribution >= 4 is 28.1 Å². The van der Waals surface area contributed by atoms with E-state index in [1.165, 1.54) is 12.1 Å². The van der Waals surface area contributed by atoms with Gasteiger partial charge in [-0.25, -0.2) is 9.59 Å². The summed E-state index contributed by atoms with van der Waals surface area (Å²) < 4.78 is 37.0. The second-order valence-corrected chi connectivity index (χ2v) is 9.98. The summed E-state index contributed by atoms with van der Waals surface area (Å²) in [5.74, 6) is -2.37. The van der Waals surface area contributed by atoms with Gasteiger partial charge in [0.15, 0.2) is 5.75 Å². The molecule has 0 bridgehead atoms. The number of cyclic esters (lactones) is 1. The van der Waals surface area contributed by atoms with Crippen molar-refractivity contribution in [2.45, 2.75) is 38.7 Å². The van der Waals surface area contributed by atoms with E-state index in [2.05, 4.69) is 0 Å². The average Bonchev–Trinajstić information content (AvgIpc) is 3.21. The highest BCUT2D eigenvalue weighted by Crippen LogP contribution is 2.43. The highest BCUT2D eigenvalue weighted by atomic mass is 32.2. The Morgan fingerprint density at radius 2 is 1.78 bits per heavy atom. The van der Waals surface area contributed by atoms with E-state index in [1.807, 2.05) is 0 Å². The molecule has 3 aromatic rings. The third kappa shape index (κ3) is 4.45. The Hall–Kier alpha value is -4.11. The molecule has 0 fully saturated rings. The van der Waals surface area contributed by atoms with E-state index in [0.29, 0.717) is 22.3 Å². The molecule has 9 heteroatoms. The minimum absolute atomic E-state index is 0.0424. The maximum absolute atomic E-state index is 13.2.